The molecule has 2 rings (SSSR count). The molecule has 0 spiro atoms. The number of rotatable bonds is 6. The molecule has 0 unspecified atom stereocenters. The normalized spacial score (nSPS) is 11.2. The van der Waals surface area contributed by atoms with E-state index in [-0.39, 0.29) is 11.4 Å². The Bertz CT molecular complexity index is 842. The van der Waals surface area contributed by atoms with Gasteiger partial charge in [-0.1, -0.05) is 11.6 Å². The van der Waals surface area contributed by atoms with Crippen LogP contribution in [-0.4, -0.2) is 29.2 Å². The first-order valence-electron chi connectivity index (χ1n) is 7.05. The Kier molecular flexibility index (Phi) is 6.01. The first-order chi connectivity index (χ1) is 11.3. The molecule has 0 saturated carbocycles. The molecule has 0 aliphatic rings. The molecule has 0 saturated heterocycles. The van der Waals surface area contributed by atoms with E-state index in [0.717, 1.165) is 0 Å². The second-order valence-electron chi connectivity index (χ2n) is 4.78. The highest BCUT2D eigenvalue weighted by molar-refractivity contribution is 9.10. The molecule has 8 heteroatoms. The molecular weight excluding hydrogens is 418 g/mol. The van der Waals surface area contributed by atoms with Crippen LogP contribution in [0.4, 0.5) is 5.69 Å². The molecular formula is C16H17BrClNO4S. The largest absolute Gasteiger partial charge is 0.496 e. The van der Waals surface area contributed by atoms with Gasteiger partial charge in [-0.2, -0.15) is 0 Å². The van der Waals surface area contributed by atoms with Crippen LogP contribution in [0.5, 0.6) is 11.5 Å². The topological polar surface area (TPSA) is 55.8 Å². The van der Waals surface area contributed by atoms with Crippen molar-refractivity contribution in [2.24, 2.45) is 0 Å². The van der Waals surface area contributed by atoms with Crippen molar-refractivity contribution < 1.29 is 17.9 Å². The molecule has 130 valence electrons. The number of sulfonamides is 1. The van der Waals surface area contributed by atoms with Gasteiger partial charge >= 0.3 is 0 Å². The van der Waals surface area contributed by atoms with Gasteiger partial charge in [0.05, 0.1) is 29.3 Å². The van der Waals surface area contributed by atoms with Crippen LogP contribution in [0.25, 0.3) is 0 Å². The molecule has 0 amide bonds. The molecule has 0 radical (unpaired) electrons. The first-order valence-corrected chi connectivity index (χ1v) is 9.66. The number of hydrogen-bond acceptors (Lipinski definition) is 4. The molecule has 0 atom stereocenters. The minimum atomic E-state index is -3.79. The van der Waals surface area contributed by atoms with Crippen molar-refractivity contribution in [3.05, 3.63) is 45.9 Å². The highest BCUT2D eigenvalue weighted by atomic mass is 79.9. The standard InChI is InChI=1S/C16H17BrClNO4S/c1-4-19(14-9-11(18)5-7-16(14)23-3)24(20,21)12-6-8-15(22-2)13(17)10-12/h5-10H,4H2,1-3H3. The Morgan fingerprint density at radius 3 is 2.25 bits per heavy atom. The summed E-state index contributed by atoms with van der Waals surface area (Å²) in [5.74, 6) is 0.981. The van der Waals surface area contributed by atoms with E-state index in [9.17, 15) is 8.42 Å². The van der Waals surface area contributed by atoms with Gasteiger partial charge in [-0.05, 0) is 59.3 Å². The van der Waals surface area contributed by atoms with Gasteiger partial charge in [0.2, 0.25) is 0 Å². The maximum Gasteiger partial charge on any atom is 0.264 e. The number of benzene rings is 2. The Morgan fingerprint density at radius 2 is 1.71 bits per heavy atom. The number of nitrogens with zero attached hydrogens (tertiary/aromatic N) is 1. The number of ether oxygens (including phenoxy) is 2. The Balaban J connectivity index is 2.57. The van der Waals surface area contributed by atoms with Crippen LogP contribution in [0.1, 0.15) is 6.92 Å². The van der Waals surface area contributed by atoms with Crippen LogP contribution in [0, 0.1) is 0 Å². The lowest BCUT2D eigenvalue weighted by Gasteiger charge is -2.25. The summed E-state index contributed by atoms with van der Waals surface area (Å²) in [6.07, 6.45) is 0. The molecule has 0 bridgehead atoms. The highest BCUT2D eigenvalue weighted by Crippen LogP contribution is 2.36. The molecule has 2 aromatic rings. The van der Waals surface area contributed by atoms with Crippen molar-refractivity contribution in [2.75, 3.05) is 25.1 Å². The van der Waals surface area contributed by atoms with Crippen molar-refractivity contribution in [3.63, 3.8) is 0 Å². The number of halogens is 2. The molecule has 0 aromatic heterocycles. The van der Waals surface area contributed by atoms with E-state index < -0.39 is 10.0 Å². The van der Waals surface area contributed by atoms with Crippen molar-refractivity contribution in [2.45, 2.75) is 11.8 Å². The van der Waals surface area contributed by atoms with Gasteiger partial charge in [-0.15, -0.1) is 0 Å². The van der Waals surface area contributed by atoms with Gasteiger partial charge in [0.1, 0.15) is 11.5 Å². The quantitative estimate of drug-likeness (QED) is 0.679. The van der Waals surface area contributed by atoms with Gasteiger partial charge in [0, 0.05) is 11.6 Å². The van der Waals surface area contributed by atoms with E-state index in [1.807, 2.05) is 0 Å². The van der Waals surface area contributed by atoms with Crippen molar-refractivity contribution in [3.8, 4) is 11.5 Å². The maximum absolute atomic E-state index is 13.1. The van der Waals surface area contributed by atoms with Gasteiger partial charge < -0.3 is 9.47 Å². The maximum atomic E-state index is 13.1. The monoisotopic (exact) mass is 433 g/mol. The SMILES string of the molecule is CCN(c1cc(Cl)ccc1OC)S(=O)(=O)c1ccc(OC)c(Br)c1. The Labute approximate surface area is 155 Å². The fourth-order valence-electron chi connectivity index (χ4n) is 2.26. The van der Waals surface area contributed by atoms with E-state index in [4.69, 9.17) is 21.1 Å². The Hall–Kier alpha value is -1.44. The van der Waals surface area contributed by atoms with E-state index in [1.165, 1.54) is 30.7 Å². The second-order valence-corrected chi connectivity index (χ2v) is 7.94. The second kappa shape index (κ2) is 7.63. The predicted octanol–water partition coefficient (Wildman–Crippen LogP) is 4.33. The fourth-order valence-corrected chi connectivity index (χ4v) is 4.62. The minimum absolute atomic E-state index is 0.138. The third-order valence-corrected chi connectivity index (χ3v) is 6.15. The summed E-state index contributed by atoms with van der Waals surface area (Å²) in [7, 11) is -0.791. The molecule has 0 heterocycles. The zero-order chi connectivity index (χ0) is 17.9. The lowest BCUT2D eigenvalue weighted by Crippen LogP contribution is -2.31. The zero-order valence-electron chi connectivity index (χ0n) is 13.4. The molecule has 0 aliphatic carbocycles. The summed E-state index contributed by atoms with van der Waals surface area (Å²) in [6.45, 7) is 1.97. The molecule has 0 aliphatic heterocycles. The van der Waals surface area contributed by atoms with Crippen molar-refractivity contribution >= 4 is 43.2 Å². The summed E-state index contributed by atoms with van der Waals surface area (Å²) in [5, 5.41) is 0.426. The molecule has 5 nitrogen and oxygen atoms in total. The lowest BCUT2D eigenvalue weighted by molar-refractivity contribution is 0.411. The average molecular weight is 435 g/mol. The molecule has 0 N–H and O–H groups in total. The summed E-state index contributed by atoms with van der Waals surface area (Å²) in [4.78, 5) is 0.138. The fraction of sp³-hybridized carbons (Fsp3) is 0.250. The summed E-state index contributed by atoms with van der Waals surface area (Å²) >= 11 is 9.35. The first kappa shape index (κ1) is 18.9. The number of anilines is 1. The summed E-state index contributed by atoms with van der Waals surface area (Å²) < 4.78 is 38.4. The highest BCUT2D eigenvalue weighted by Gasteiger charge is 2.27. The zero-order valence-corrected chi connectivity index (χ0v) is 16.6. The smallest absolute Gasteiger partial charge is 0.264 e. The molecule has 0 fully saturated rings. The van der Waals surface area contributed by atoms with Crippen LogP contribution in [0.3, 0.4) is 0 Å². The van der Waals surface area contributed by atoms with Gasteiger partial charge in [-0.3, -0.25) is 4.31 Å². The van der Waals surface area contributed by atoms with Crippen molar-refractivity contribution in [1.29, 1.82) is 0 Å². The van der Waals surface area contributed by atoms with Crippen LogP contribution in [0.2, 0.25) is 5.02 Å². The van der Waals surface area contributed by atoms with Crippen molar-refractivity contribution in [1.82, 2.24) is 0 Å². The third kappa shape index (κ3) is 3.63. The number of hydrogen-bond donors (Lipinski definition) is 0. The molecule has 2 aromatic carbocycles. The Morgan fingerprint density at radius 1 is 1.08 bits per heavy atom. The van der Waals surface area contributed by atoms with E-state index in [0.29, 0.717) is 26.7 Å². The van der Waals surface area contributed by atoms with Gasteiger partial charge in [0.25, 0.3) is 10.0 Å². The summed E-state index contributed by atoms with van der Waals surface area (Å²) in [6, 6.07) is 9.46. The lowest BCUT2D eigenvalue weighted by atomic mass is 10.3. The summed E-state index contributed by atoms with van der Waals surface area (Å²) in [5.41, 5.74) is 0.388. The van der Waals surface area contributed by atoms with E-state index in [1.54, 1.807) is 31.2 Å². The van der Waals surface area contributed by atoms with Crippen LogP contribution >= 0.6 is 27.5 Å². The minimum Gasteiger partial charge on any atom is -0.496 e. The molecule has 24 heavy (non-hydrogen) atoms. The predicted molar refractivity (Wildman–Crippen MR) is 98.9 cm³/mol. The van der Waals surface area contributed by atoms with E-state index >= 15 is 0 Å². The third-order valence-electron chi connectivity index (χ3n) is 3.41. The number of methoxy groups -OCH3 is 2. The van der Waals surface area contributed by atoms with Gasteiger partial charge in [0.15, 0.2) is 0 Å². The average Bonchev–Trinajstić information content (AvgIpc) is 2.55. The van der Waals surface area contributed by atoms with Crippen LogP contribution < -0.4 is 13.8 Å². The van der Waals surface area contributed by atoms with Crippen LogP contribution in [0.15, 0.2) is 45.8 Å². The van der Waals surface area contributed by atoms with E-state index in [2.05, 4.69) is 15.9 Å². The van der Waals surface area contributed by atoms with Gasteiger partial charge in [-0.25, -0.2) is 8.42 Å². The van der Waals surface area contributed by atoms with Crippen LogP contribution in [-0.2, 0) is 10.0 Å².